The molecule has 1 atom stereocenters. The van der Waals surface area contributed by atoms with Crippen LogP contribution in [-0.4, -0.2) is 36.1 Å². The van der Waals surface area contributed by atoms with E-state index < -0.39 is 0 Å². The van der Waals surface area contributed by atoms with Crippen molar-refractivity contribution in [3.8, 4) is 0 Å². The largest absolute Gasteiger partial charge is 0.336 e. The summed E-state index contributed by atoms with van der Waals surface area (Å²) in [7, 11) is 0. The molecule has 0 aromatic heterocycles. The number of amides is 2. The van der Waals surface area contributed by atoms with Crippen molar-refractivity contribution in [1.29, 1.82) is 0 Å². The second kappa shape index (κ2) is 4.04. The van der Waals surface area contributed by atoms with E-state index in [-0.39, 0.29) is 11.6 Å². The van der Waals surface area contributed by atoms with Crippen molar-refractivity contribution >= 4 is 6.03 Å². The highest BCUT2D eigenvalue weighted by Crippen LogP contribution is 2.28. The number of hydrogen-bond donors (Lipinski definition) is 2. The summed E-state index contributed by atoms with van der Waals surface area (Å²) in [4.78, 5) is 13.9. The summed E-state index contributed by atoms with van der Waals surface area (Å²) in [6.45, 7) is 3.37. The van der Waals surface area contributed by atoms with Crippen LogP contribution in [0, 0.1) is 0 Å². The summed E-state index contributed by atoms with van der Waals surface area (Å²) < 4.78 is 0. The second-order valence-corrected chi connectivity index (χ2v) is 4.88. The molecule has 17 heavy (non-hydrogen) atoms. The molecular formula is C13H17N3O. The molecule has 2 aliphatic heterocycles. The molecule has 2 N–H and O–H groups in total. The predicted octanol–water partition coefficient (Wildman–Crippen LogP) is 0.944. The second-order valence-electron chi connectivity index (χ2n) is 4.88. The molecule has 1 spiro atoms. The Bertz CT molecular complexity index is 412. The first-order valence-electron chi connectivity index (χ1n) is 6.10. The van der Waals surface area contributed by atoms with Crippen LogP contribution in [0.5, 0.6) is 0 Å². The van der Waals surface area contributed by atoms with Gasteiger partial charge in [-0.1, -0.05) is 30.3 Å². The molecule has 4 nitrogen and oxygen atoms in total. The average Bonchev–Trinajstić information content (AvgIpc) is 2.94. The Labute approximate surface area is 101 Å². The van der Waals surface area contributed by atoms with Crippen LogP contribution in [0.25, 0.3) is 0 Å². The van der Waals surface area contributed by atoms with Gasteiger partial charge in [-0.15, -0.1) is 0 Å². The number of rotatable bonds is 2. The number of hydrogen-bond acceptors (Lipinski definition) is 2. The van der Waals surface area contributed by atoms with E-state index in [1.807, 2.05) is 23.1 Å². The van der Waals surface area contributed by atoms with Gasteiger partial charge in [-0.2, -0.15) is 0 Å². The highest BCUT2D eigenvalue weighted by molar-refractivity contribution is 5.78. The Balaban J connectivity index is 1.82. The van der Waals surface area contributed by atoms with Gasteiger partial charge in [-0.05, 0) is 18.5 Å². The molecular weight excluding hydrogens is 214 g/mol. The zero-order valence-electron chi connectivity index (χ0n) is 9.78. The summed E-state index contributed by atoms with van der Waals surface area (Å²) >= 11 is 0. The lowest BCUT2D eigenvalue weighted by molar-refractivity contribution is 0.161. The summed E-state index contributed by atoms with van der Waals surface area (Å²) in [5.41, 5.74) is 1.18. The number of carbonyl (C=O) groups excluding carboxylic acids is 1. The Kier molecular flexibility index (Phi) is 2.52. The number of benzene rings is 1. The Morgan fingerprint density at radius 2 is 2.06 bits per heavy atom. The van der Waals surface area contributed by atoms with E-state index in [4.69, 9.17) is 0 Å². The van der Waals surface area contributed by atoms with Crippen molar-refractivity contribution in [2.45, 2.75) is 18.5 Å². The highest BCUT2D eigenvalue weighted by atomic mass is 16.2. The van der Waals surface area contributed by atoms with Crippen molar-refractivity contribution in [1.82, 2.24) is 15.5 Å². The maximum atomic E-state index is 11.9. The van der Waals surface area contributed by atoms with E-state index >= 15 is 0 Å². The molecule has 0 radical (unpaired) electrons. The lowest BCUT2D eigenvalue weighted by Crippen LogP contribution is -2.48. The monoisotopic (exact) mass is 231 g/mol. The first kappa shape index (κ1) is 10.6. The van der Waals surface area contributed by atoms with Crippen molar-refractivity contribution in [2.24, 2.45) is 0 Å². The summed E-state index contributed by atoms with van der Waals surface area (Å²) in [6.07, 6.45) is 1.04. The maximum Gasteiger partial charge on any atom is 0.318 e. The normalized spacial score (nSPS) is 27.8. The van der Waals surface area contributed by atoms with Gasteiger partial charge in [-0.3, -0.25) is 0 Å². The predicted molar refractivity (Wildman–Crippen MR) is 65.6 cm³/mol. The van der Waals surface area contributed by atoms with E-state index in [1.165, 1.54) is 5.56 Å². The lowest BCUT2D eigenvalue weighted by atomic mass is 9.97. The molecule has 4 heteroatoms. The van der Waals surface area contributed by atoms with Crippen molar-refractivity contribution in [3.05, 3.63) is 35.9 Å². The summed E-state index contributed by atoms with van der Waals surface area (Å²) in [6, 6.07) is 10.2. The molecule has 2 saturated heterocycles. The van der Waals surface area contributed by atoms with E-state index in [9.17, 15) is 4.79 Å². The molecule has 3 rings (SSSR count). The van der Waals surface area contributed by atoms with Crippen LogP contribution in [-0.2, 0) is 6.54 Å². The quantitative estimate of drug-likeness (QED) is 0.795. The van der Waals surface area contributed by atoms with Crippen LogP contribution in [0.4, 0.5) is 4.79 Å². The topological polar surface area (TPSA) is 44.4 Å². The van der Waals surface area contributed by atoms with Gasteiger partial charge < -0.3 is 15.5 Å². The van der Waals surface area contributed by atoms with Crippen LogP contribution >= 0.6 is 0 Å². The molecule has 2 fully saturated rings. The van der Waals surface area contributed by atoms with E-state index in [0.29, 0.717) is 6.54 Å². The van der Waals surface area contributed by atoms with Gasteiger partial charge in [0.15, 0.2) is 0 Å². The highest BCUT2D eigenvalue weighted by Gasteiger charge is 2.46. The van der Waals surface area contributed by atoms with Gasteiger partial charge in [0.05, 0.1) is 5.54 Å². The molecule has 2 aliphatic rings. The molecule has 2 amide bonds. The zero-order chi connectivity index (χ0) is 11.7. The summed E-state index contributed by atoms with van der Waals surface area (Å²) in [5, 5.41) is 6.33. The third-order valence-corrected chi connectivity index (χ3v) is 3.79. The first-order chi connectivity index (χ1) is 8.30. The molecule has 90 valence electrons. The SMILES string of the molecule is O=C1NCC2(CCNC2)N1Cc1ccccc1. The fourth-order valence-corrected chi connectivity index (χ4v) is 2.76. The van der Waals surface area contributed by atoms with Crippen molar-refractivity contribution < 1.29 is 4.79 Å². The van der Waals surface area contributed by atoms with Gasteiger partial charge in [-0.25, -0.2) is 4.79 Å². The Hall–Kier alpha value is -1.55. The minimum absolute atomic E-state index is 0.00702. The van der Waals surface area contributed by atoms with Crippen molar-refractivity contribution in [2.75, 3.05) is 19.6 Å². The third-order valence-electron chi connectivity index (χ3n) is 3.79. The van der Waals surface area contributed by atoms with E-state index in [1.54, 1.807) is 0 Å². The maximum absolute atomic E-state index is 11.9. The lowest BCUT2D eigenvalue weighted by Gasteiger charge is -2.32. The van der Waals surface area contributed by atoms with Crippen LogP contribution in [0.15, 0.2) is 30.3 Å². The number of nitrogens with one attached hydrogen (secondary N) is 2. The minimum atomic E-state index is -0.00702. The third kappa shape index (κ3) is 1.78. The van der Waals surface area contributed by atoms with Crippen LogP contribution in [0.1, 0.15) is 12.0 Å². The summed E-state index contributed by atoms with van der Waals surface area (Å²) in [5.74, 6) is 0. The van der Waals surface area contributed by atoms with Gasteiger partial charge in [0, 0.05) is 19.6 Å². The van der Waals surface area contributed by atoms with Crippen molar-refractivity contribution in [3.63, 3.8) is 0 Å². The fraction of sp³-hybridized carbons (Fsp3) is 0.462. The molecule has 0 aliphatic carbocycles. The number of urea groups is 1. The first-order valence-corrected chi connectivity index (χ1v) is 6.10. The Morgan fingerprint density at radius 3 is 2.76 bits per heavy atom. The van der Waals surface area contributed by atoms with Gasteiger partial charge in [0.25, 0.3) is 0 Å². The molecule has 0 saturated carbocycles. The molecule has 0 bridgehead atoms. The van der Waals surface area contributed by atoms with Gasteiger partial charge in [0.2, 0.25) is 0 Å². The zero-order valence-corrected chi connectivity index (χ0v) is 9.78. The molecule has 1 unspecified atom stereocenters. The number of carbonyl (C=O) groups is 1. The van der Waals surface area contributed by atoms with E-state index in [0.717, 1.165) is 26.1 Å². The molecule has 1 aromatic carbocycles. The minimum Gasteiger partial charge on any atom is -0.336 e. The standard InChI is InChI=1S/C13H17N3O/c17-12-15-10-13(6-7-14-9-13)16(12)8-11-4-2-1-3-5-11/h1-5,14H,6-10H2,(H,15,17). The van der Waals surface area contributed by atoms with E-state index in [2.05, 4.69) is 22.8 Å². The molecule has 1 aromatic rings. The van der Waals surface area contributed by atoms with Crippen LogP contribution in [0.3, 0.4) is 0 Å². The smallest absolute Gasteiger partial charge is 0.318 e. The van der Waals surface area contributed by atoms with Crippen LogP contribution in [0.2, 0.25) is 0 Å². The van der Waals surface area contributed by atoms with Gasteiger partial charge >= 0.3 is 6.03 Å². The van der Waals surface area contributed by atoms with Gasteiger partial charge in [0.1, 0.15) is 0 Å². The average molecular weight is 231 g/mol. The Morgan fingerprint density at radius 1 is 1.24 bits per heavy atom. The fourth-order valence-electron chi connectivity index (χ4n) is 2.76. The molecule has 2 heterocycles. The van der Waals surface area contributed by atoms with Crippen LogP contribution < -0.4 is 10.6 Å². The number of nitrogens with zero attached hydrogens (tertiary/aromatic N) is 1.